The fourth-order valence-electron chi connectivity index (χ4n) is 1.49. The first kappa shape index (κ1) is 9.15. The molecule has 1 aliphatic rings. The fourth-order valence-corrected chi connectivity index (χ4v) is 1.49. The number of carboxylic acids is 1. The Balaban J connectivity index is 2.54. The van der Waals surface area contributed by atoms with Crippen molar-refractivity contribution < 1.29 is 19.4 Å². The second kappa shape index (κ2) is 2.78. The molecular weight excluding hydrogens is 187 g/mol. The topological polar surface area (TPSA) is 57.5 Å². The number of aliphatic hydroxyl groups is 1. The Kier molecular flexibility index (Phi) is 1.82. The summed E-state index contributed by atoms with van der Waals surface area (Å²) >= 11 is 0. The standard InChI is InChI=1S/C10H9FO3/c11-6-1-2-8(10(14)3-4-10)7(5-6)9(12)13/h1-2,5,14H,3-4H2,(H,12,13). The summed E-state index contributed by atoms with van der Waals surface area (Å²) in [5, 5.41) is 18.5. The van der Waals surface area contributed by atoms with Crippen molar-refractivity contribution >= 4 is 5.97 Å². The number of carbonyl (C=O) groups is 1. The minimum absolute atomic E-state index is 0.148. The summed E-state index contributed by atoms with van der Waals surface area (Å²) in [6.07, 6.45) is 1.08. The number of rotatable bonds is 2. The van der Waals surface area contributed by atoms with Crippen molar-refractivity contribution in [1.82, 2.24) is 0 Å². The van der Waals surface area contributed by atoms with Gasteiger partial charge >= 0.3 is 5.97 Å². The Morgan fingerprint density at radius 2 is 2.07 bits per heavy atom. The minimum Gasteiger partial charge on any atom is -0.478 e. The quantitative estimate of drug-likeness (QED) is 0.753. The molecule has 0 amide bonds. The van der Waals surface area contributed by atoms with E-state index < -0.39 is 17.4 Å². The molecule has 1 fully saturated rings. The average Bonchev–Trinajstić information content (AvgIpc) is 2.84. The molecule has 1 aromatic carbocycles. The van der Waals surface area contributed by atoms with Crippen LogP contribution in [0, 0.1) is 5.82 Å². The summed E-state index contributed by atoms with van der Waals surface area (Å²) in [7, 11) is 0. The second-order valence-corrected chi connectivity index (χ2v) is 3.53. The Hall–Kier alpha value is -1.42. The van der Waals surface area contributed by atoms with Crippen LogP contribution in [0.3, 0.4) is 0 Å². The zero-order chi connectivity index (χ0) is 10.3. The molecule has 1 aliphatic carbocycles. The maximum atomic E-state index is 12.8. The summed E-state index contributed by atoms with van der Waals surface area (Å²) in [4.78, 5) is 10.8. The van der Waals surface area contributed by atoms with E-state index in [-0.39, 0.29) is 5.56 Å². The maximum absolute atomic E-state index is 12.8. The third-order valence-electron chi connectivity index (χ3n) is 2.44. The summed E-state index contributed by atoms with van der Waals surface area (Å²) in [5.41, 5.74) is -0.877. The van der Waals surface area contributed by atoms with Gasteiger partial charge in [0.25, 0.3) is 0 Å². The molecule has 14 heavy (non-hydrogen) atoms. The van der Waals surface area contributed by atoms with Gasteiger partial charge in [-0.2, -0.15) is 0 Å². The molecule has 4 heteroatoms. The summed E-state index contributed by atoms with van der Waals surface area (Å²) in [5.74, 6) is -1.81. The molecule has 0 heterocycles. The first-order valence-electron chi connectivity index (χ1n) is 4.29. The molecule has 0 aliphatic heterocycles. The summed E-state index contributed by atoms with van der Waals surface area (Å²) in [6.45, 7) is 0. The van der Waals surface area contributed by atoms with Crippen LogP contribution in [0.15, 0.2) is 18.2 Å². The number of benzene rings is 1. The van der Waals surface area contributed by atoms with Crippen LogP contribution in [-0.4, -0.2) is 16.2 Å². The number of hydrogen-bond acceptors (Lipinski definition) is 2. The van der Waals surface area contributed by atoms with Gasteiger partial charge < -0.3 is 10.2 Å². The van der Waals surface area contributed by atoms with E-state index in [1.165, 1.54) is 6.07 Å². The van der Waals surface area contributed by atoms with Gasteiger partial charge in [0.1, 0.15) is 5.82 Å². The second-order valence-electron chi connectivity index (χ2n) is 3.53. The Bertz CT molecular complexity index is 396. The molecule has 3 nitrogen and oxygen atoms in total. The van der Waals surface area contributed by atoms with Gasteiger partial charge in [-0.1, -0.05) is 6.07 Å². The van der Waals surface area contributed by atoms with Crippen molar-refractivity contribution in [3.8, 4) is 0 Å². The molecule has 0 aromatic heterocycles. The van der Waals surface area contributed by atoms with E-state index in [0.717, 1.165) is 12.1 Å². The van der Waals surface area contributed by atoms with Crippen LogP contribution in [0.4, 0.5) is 4.39 Å². The number of halogens is 1. The van der Waals surface area contributed by atoms with Gasteiger partial charge in [0.15, 0.2) is 0 Å². The third-order valence-corrected chi connectivity index (χ3v) is 2.44. The molecule has 1 saturated carbocycles. The first-order valence-corrected chi connectivity index (χ1v) is 4.29. The lowest BCUT2D eigenvalue weighted by Crippen LogP contribution is -2.12. The van der Waals surface area contributed by atoms with Crippen molar-refractivity contribution in [3.05, 3.63) is 35.1 Å². The van der Waals surface area contributed by atoms with E-state index in [0.29, 0.717) is 18.4 Å². The molecule has 0 bridgehead atoms. The van der Waals surface area contributed by atoms with E-state index in [1.807, 2.05) is 0 Å². The third kappa shape index (κ3) is 1.37. The highest BCUT2D eigenvalue weighted by molar-refractivity contribution is 5.90. The van der Waals surface area contributed by atoms with Crippen LogP contribution in [0.2, 0.25) is 0 Å². The van der Waals surface area contributed by atoms with E-state index in [9.17, 15) is 14.3 Å². The van der Waals surface area contributed by atoms with Crippen LogP contribution < -0.4 is 0 Å². The Labute approximate surface area is 79.8 Å². The van der Waals surface area contributed by atoms with Crippen molar-refractivity contribution in [3.63, 3.8) is 0 Å². The number of carboxylic acid groups (broad SMARTS) is 1. The average molecular weight is 196 g/mol. The van der Waals surface area contributed by atoms with Crippen molar-refractivity contribution in [2.75, 3.05) is 0 Å². The van der Waals surface area contributed by atoms with E-state index >= 15 is 0 Å². The van der Waals surface area contributed by atoms with Gasteiger partial charge in [0.05, 0.1) is 11.2 Å². The molecule has 2 N–H and O–H groups in total. The van der Waals surface area contributed by atoms with Crippen molar-refractivity contribution in [1.29, 1.82) is 0 Å². The SMILES string of the molecule is O=C(O)c1cc(F)ccc1C1(O)CC1. The van der Waals surface area contributed by atoms with E-state index in [4.69, 9.17) is 5.11 Å². The lowest BCUT2D eigenvalue weighted by molar-refractivity contribution is 0.0684. The number of hydrogen-bond donors (Lipinski definition) is 2. The molecule has 0 spiro atoms. The maximum Gasteiger partial charge on any atom is 0.336 e. The lowest BCUT2D eigenvalue weighted by Gasteiger charge is -2.11. The highest BCUT2D eigenvalue weighted by Crippen LogP contribution is 2.46. The molecule has 0 unspecified atom stereocenters. The highest BCUT2D eigenvalue weighted by atomic mass is 19.1. The van der Waals surface area contributed by atoms with Crippen LogP contribution in [0.25, 0.3) is 0 Å². The highest BCUT2D eigenvalue weighted by Gasteiger charge is 2.44. The lowest BCUT2D eigenvalue weighted by atomic mass is 10.0. The molecule has 0 atom stereocenters. The zero-order valence-corrected chi connectivity index (χ0v) is 7.33. The van der Waals surface area contributed by atoms with Crippen LogP contribution in [0.5, 0.6) is 0 Å². The summed E-state index contributed by atoms with van der Waals surface area (Å²) < 4.78 is 12.8. The molecule has 74 valence electrons. The van der Waals surface area contributed by atoms with Gasteiger partial charge in [-0.3, -0.25) is 0 Å². The normalized spacial score (nSPS) is 17.9. The Morgan fingerprint density at radius 3 is 2.57 bits per heavy atom. The number of aromatic carboxylic acids is 1. The fraction of sp³-hybridized carbons (Fsp3) is 0.300. The predicted octanol–water partition coefficient (Wildman–Crippen LogP) is 1.51. The van der Waals surface area contributed by atoms with Crippen LogP contribution in [0.1, 0.15) is 28.8 Å². The first-order chi connectivity index (χ1) is 6.53. The van der Waals surface area contributed by atoms with Gasteiger partial charge in [0, 0.05) is 0 Å². The van der Waals surface area contributed by atoms with Crippen LogP contribution >= 0.6 is 0 Å². The monoisotopic (exact) mass is 196 g/mol. The molecule has 0 saturated heterocycles. The molecular formula is C10H9FO3. The molecule has 1 aromatic rings. The molecule has 2 rings (SSSR count). The van der Waals surface area contributed by atoms with E-state index in [2.05, 4.69) is 0 Å². The van der Waals surface area contributed by atoms with Crippen molar-refractivity contribution in [2.24, 2.45) is 0 Å². The predicted molar refractivity (Wildman–Crippen MR) is 46.5 cm³/mol. The van der Waals surface area contributed by atoms with Gasteiger partial charge in [-0.25, -0.2) is 9.18 Å². The molecule has 0 radical (unpaired) electrons. The smallest absolute Gasteiger partial charge is 0.336 e. The minimum atomic E-state index is -1.21. The Morgan fingerprint density at radius 1 is 1.43 bits per heavy atom. The summed E-state index contributed by atoms with van der Waals surface area (Å²) in [6, 6.07) is 3.44. The van der Waals surface area contributed by atoms with Gasteiger partial charge in [0.2, 0.25) is 0 Å². The largest absolute Gasteiger partial charge is 0.478 e. The van der Waals surface area contributed by atoms with Gasteiger partial charge in [-0.05, 0) is 30.5 Å². The van der Waals surface area contributed by atoms with Gasteiger partial charge in [-0.15, -0.1) is 0 Å². The van der Waals surface area contributed by atoms with Crippen LogP contribution in [-0.2, 0) is 5.60 Å². The van der Waals surface area contributed by atoms with E-state index in [1.54, 1.807) is 0 Å². The zero-order valence-electron chi connectivity index (χ0n) is 7.33. The van der Waals surface area contributed by atoms with Crippen molar-refractivity contribution in [2.45, 2.75) is 18.4 Å².